The van der Waals surface area contributed by atoms with Crippen molar-refractivity contribution in [3.63, 3.8) is 0 Å². The molecule has 1 aromatic heterocycles. The zero-order chi connectivity index (χ0) is 11.8. The molecule has 0 amide bonds. The summed E-state index contributed by atoms with van der Waals surface area (Å²) in [6.07, 6.45) is 6.87. The molecule has 1 aromatic carbocycles. The molecule has 2 atom stereocenters. The molecule has 3 rings (SSSR count). The number of halogens is 1. The summed E-state index contributed by atoms with van der Waals surface area (Å²) in [5, 5.41) is 2.06. The van der Waals surface area contributed by atoms with E-state index in [2.05, 4.69) is 17.2 Å². The second-order valence-electron chi connectivity index (χ2n) is 5.06. The van der Waals surface area contributed by atoms with Gasteiger partial charge in [-0.05, 0) is 48.9 Å². The highest BCUT2D eigenvalue weighted by molar-refractivity contribution is 6.31. The summed E-state index contributed by atoms with van der Waals surface area (Å²) in [6.45, 7) is 0. The average Bonchev–Trinajstić information content (AvgIpc) is 2.71. The second-order valence-corrected chi connectivity index (χ2v) is 5.49. The van der Waals surface area contributed by atoms with Gasteiger partial charge in [-0.15, -0.1) is 0 Å². The molecule has 2 aromatic rings. The number of rotatable bonds is 1. The maximum Gasteiger partial charge on any atom is 0.0457 e. The first-order chi connectivity index (χ1) is 8.24. The first kappa shape index (κ1) is 11.1. The van der Waals surface area contributed by atoms with Gasteiger partial charge in [0, 0.05) is 28.2 Å². The van der Waals surface area contributed by atoms with Crippen LogP contribution in [0.15, 0.2) is 24.4 Å². The third kappa shape index (κ3) is 2.07. The Morgan fingerprint density at radius 1 is 1.29 bits per heavy atom. The van der Waals surface area contributed by atoms with Crippen LogP contribution < -0.4 is 5.73 Å². The summed E-state index contributed by atoms with van der Waals surface area (Å²) < 4.78 is 0. The van der Waals surface area contributed by atoms with Crippen molar-refractivity contribution in [1.29, 1.82) is 0 Å². The fraction of sp³-hybridized carbons (Fsp3) is 0.429. The van der Waals surface area contributed by atoms with Crippen molar-refractivity contribution in [3.8, 4) is 0 Å². The number of aromatic nitrogens is 1. The maximum absolute atomic E-state index is 6.08. The van der Waals surface area contributed by atoms with Crippen LogP contribution in [-0.4, -0.2) is 11.0 Å². The number of benzene rings is 1. The molecule has 17 heavy (non-hydrogen) atoms. The van der Waals surface area contributed by atoms with Crippen molar-refractivity contribution < 1.29 is 0 Å². The summed E-state index contributed by atoms with van der Waals surface area (Å²) in [6, 6.07) is 6.39. The molecular weight excluding hydrogens is 232 g/mol. The smallest absolute Gasteiger partial charge is 0.0457 e. The number of nitrogens with two attached hydrogens (primary N) is 1. The van der Waals surface area contributed by atoms with Crippen LogP contribution in [0.2, 0.25) is 5.02 Å². The van der Waals surface area contributed by atoms with Gasteiger partial charge in [-0.3, -0.25) is 0 Å². The molecule has 1 saturated carbocycles. The van der Waals surface area contributed by atoms with Crippen LogP contribution in [-0.2, 0) is 0 Å². The molecule has 3 N–H and O–H groups in total. The third-order valence-corrected chi connectivity index (χ3v) is 4.07. The summed E-state index contributed by atoms with van der Waals surface area (Å²) in [4.78, 5) is 3.33. The first-order valence-electron chi connectivity index (χ1n) is 6.26. The highest BCUT2D eigenvalue weighted by Gasteiger charge is 2.22. The lowest BCUT2D eigenvalue weighted by molar-refractivity contribution is 0.395. The lowest BCUT2D eigenvalue weighted by Crippen LogP contribution is -2.26. The molecule has 0 bridgehead atoms. The SMILES string of the molecule is NC1CCCC(c2c[nH]c3ccc(Cl)cc23)C1. The van der Waals surface area contributed by atoms with Gasteiger partial charge in [-0.2, -0.15) is 0 Å². The van der Waals surface area contributed by atoms with E-state index >= 15 is 0 Å². The van der Waals surface area contributed by atoms with Crippen LogP contribution in [0.5, 0.6) is 0 Å². The van der Waals surface area contributed by atoms with E-state index < -0.39 is 0 Å². The molecule has 90 valence electrons. The van der Waals surface area contributed by atoms with E-state index in [0.717, 1.165) is 11.4 Å². The molecule has 3 heteroatoms. The molecular formula is C14H17ClN2. The Balaban J connectivity index is 2.01. The molecule has 2 nitrogen and oxygen atoms in total. The Kier molecular flexibility index (Phi) is 2.85. The van der Waals surface area contributed by atoms with E-state index in [1.165, 1.54) is 35.7 Å². The Morgan fingerprint density at radius 2 is 2.18 bits per heavy atom. The van der Waals surface area contributed by atoms with E-state index in [-0.39, 0.29) is 0 Å². The minimum atomic E-state index is 0.359. The fourth-order valence-corrected chi connectivity index (χ4v) is 3.13. The topological polar surface area (TPSA) is 41.8 Å². The van der Waals surface area contributed by atoms with E-state index in [1.807, 2.05) is 12.1 Å². The minimum absolute atomic E-state index is 0.359. The highest BCUT2D eigenvalue weighted by Crippen LogP contribution is 2.36. The van der Waals surface area contributed by atoms with Gasteiger partial charge >= 0.3 is 0 Å². The Labute approximate surface area is 106 Å². The molecule has 1 aliphatic rings. The number of aromatic amines is 1. The molecule has 1 fully saturated rings. The van der Waals surface area contributed by atoms with Gasteiger partial charge in [-0.25, -0.2) is 0 Å². The molecule has 1 heterocycles. The van der Waals surface area contributed by atoms with E-state index in [0.29, 0.717) is 12.0 Å². The van der Waals surface area contributed by atoms with E-state index in [1.54, 1.807) is 0 Å². The van der Waals surface area contributed by atoms with Gasteiger partial charge in [0.25, 0.3) is 0 Å². The summed E-state index contributed by atoms with van der Waals surface area (Å²) in [5.74, 6) is 0.589. The molecule has 0 radical (unpaired) electrons. The summed E-state index contributed by atoms with van der Waals surface area (Å²) >= 11 is 6.08. The predicted octanol–water partition coefficient (Wildman–Crippen LogP) is 3.81. The molecule has 1 aliphatic carbocycles. The van der Waals surface area contributed by atoms with Crippen LogP contribution in [0.3, 0.4) is 0 Å². The normalized spacial score (nSPS) is 25.3. The quantitative estimate of drug-likeness (QED) is 0.792. The molecule has 2 unspecified atom stereocenters. The van der Waals surface area contributed by atoms with Crippen LogP contribution in [0.4, 0.5) is 0 Å². The number of hydrogen-bond donors (Lipinski definition) is 2. The first-order valence-corrected chi connectivity index (χ1v) is 6.64. The Bertz CT molecular complexity index is 532. The van der Waals surface area contributed by atoms with E-state index in [4.69, 9.17) is 17.3 Å². The molecule has 0 spiro atoms. The average molecular weight is 249 g/mol. The molecule has 0 saturated heterocycles. The lowest BCUT2D eigenvalue weighted by Gasteiger charge is -2.26. The second kappa shape index (κ2) is 4.35. The minimum Gasteiger partial charge on any atom is -0.361 e. The third-order valence-electron chi connectivity index (χ3n) is 3.83. The zero-order valence-electron chi connectivity index (χ0n) is 9.75. The monoisotopic (exact) mass is 248 g/mol. The number of H-pyrrole nitrogens is 1. The van der Waals surface area contributed by atoms with Gasteiger partial charge in [0.15, 0.2) is 0 Å². The van der Waals surface area contributed by atoms with Crippen LogP contribution in [0, 0.1) is 0 Å². The standard InChI is InChI=1S/C14H17ClN2/c15-10-4-5-14-12(7-10)13(8-17-14)9-2-1-3-11(16)6-9/h4-5,7-9,11,17H,1-3,6,16H2. The van der Waals surface area contributed by atoms with Crippen molar-refractivity contribution in [3.05, 3.63) is 35.0 Å². The zero-order valence-corrected chi connectivity index (χ0v) is 10.5. The summed E-state index contributed by atoms with van der Waals surface area (Å²) in [7, 11) is 0. The van der Waals surface area contributed by atoms with E-state index in [9.17, 15) is 0 Å². The van der Waals surface area contributed by atoms with Gasteiger partial charge < -0.3 is 10.7 Å². The highest BCUT2D eigenvalue weighted by atomic mass is 35.5. The Hall–Kier alpha value is -0.990. The molecule has 0 aliphatic heterocycles. The van der Waals surface area contributed by atoms with Crippen LogP contribution in [0.25, 0.3) is 10.9 Å². The maximum atomic E-state index is 6.08. The Morgan fingerprint density at radius 3 is 3.00 bits per heavy atom. The summed E-state index contributed by atoms with van der Waals surface area (Å²) in [5.41, 5.74) is 8.63. The van der Waals surface area contributed by atoms with Gasteiger partial charge in [0.05, 0.1) is 0 Å². The predicted molar refractivity (Wildman–Crippen MR) is 72.5 cm³/mol. The fourth-order valence-electron chi connectivity index (χ4n) is 2.96. The van der Waals surface area contributed by atoms with Crippen LogP contribution in [0.1, 0.15) is 37.2 Å². The van der Waals surface area contributed by atoms with Crippen LogP contribution >= 0.6 is 11.6 Å². The van der Waals surface area contributed by atoms with Crippen molar-refractivity contribution in [2.45, 2.75) is 37.6 Å². The number of hydrogen-bond acceptors (Lipinski definition) is 1. The largest absolute Gasteiger partial charge is 0.361 e. The lowest BCUT2D eigenvalue weighted by atomic mass is 9.81. The number of fused-ring (bicyclic) bond motifs is 1. The van der Waals surface area contributed by atoms with Crippen molar-refractivity contribution in [2.75, 3.05) is 0 Å². The van der Waals surface area contributed by atoms with Crippen molar-refractivity contribution in [2.24, 2.45) is 5.73 Å². The number of nitrogens with one attached hydrogen (secondary N) is 1. The van der Waals surface area contributed by atoms with Gasteiger partial charge in [0.1, 0.15) is 0 Å². The van der Waals surface area contributed by atoms with Gasteiger partial charge in [0.2, 0.25) is 0 Å². The van der Waals surface area contributed by atoms with Crippen molar-refractivity contribution >= 4 is 22.5 Å². The van der Waals surface area contributed by atoms with Gasteiger partial charge in [-0.1, -0.05) is 18.0 Å². The van der Waals surface area contributed by atoms with Crippen molar-refractivity contribution in [1.82, 2.24) is 4.98 Å².